The van der Waals surface area contributed by atoms with Crippen LogP contribution in [0, 0.1) is 0 Å². The largest absolute Gasteiger partial charge is 0.458 e. The van der Waals surface area contributed by atoms with E-state index in [9.17, 15) is 9.59 Å². The van der Waals surface area contributed by atoms with E-state index in [0.717, 1.165) is 17.2 Å². The summed E-state index contributed by atoms with van der Waals surface area (Å²) in [5.74, 6) is -1.14. The normalized spacial score (nSPS) is 10.6. The molecular weight excluding hydrogens is 220 g/mol. The third kappa shape index (κ3) is 8.02. The van der Waals surface area contributed by atoms with Gasteiger partial charge in [0.25, 0.3) is 0 Å². The second-order valence-electron chi connectivity index (χ2n) is 3.93. The highest BCUT2D eigenvalue weighted by molar-refractivity contribution is 5.95. The van der Waals surface area contributed by atoms with Crippen molar-refractivity contribution in [3.63, 3.8) is 0 Å². The number of esters is 2. The molecular formula is C13H18O4. The van der Waals surface area contributed by atoms with E-state index in [1.54, 1.807) is 13.8 Å². The number of ether oxygens (including phenoxy) is 2. The topological polar surface area (TPSA) is 52.6 Å². The Hall–Kier alpha value is -1.84. The highest BCUT2D eigenvalue weighted by Gasteiger charge is 2.08. The zero-order valence-corrected chi connectivity index (χ0v) is 10.5. The van der Waals surface area contributed by atoms with Crippen molar-refractivity contribution >= 4 is 11.9 Å². The molecule has 94 valence electrons. The highest BCUT2D eigenvalue weighted by atomic mass is 16.5. The second kappa shape index (κ2) is 7.44. The molecule has 0 aromatic carbocycles. The molecule has 17 heavy (non-hydrogen) atoms. The smallest absolute Gasteiger partial charge is 0.334 e. The average molecular weight is 238 g/mol. The van der Waals surface area contributed by atoms with Crippen molar-refractivity contribution in [3.05, 3.63) is 36.0 Å². The summed E-state index contributed by atoms with van der Waals surface area (Å²) in [4.78, 5) is 22.6. The maximum absolute atomic E-state index is 11.4. The molecule has 0 aromatic heterocycles. The summed E-state index contributed by atoms with van der Waals surface area (Å²) in [6.07, 6.45) is 1.10. The Labute approximate surface area is 102 Å². The molecule has 0 spiro atoms. The van der Waals surface area contributed by atoms with Gasteiger partial charge >= 0.3 is 11.9 Å². The first-order valence-electron chi connectivity index (χ1n) is 5.14. The minimum Gasteiger partial charge on any atom is -0.458 e. The fourth-order valence-corrected chi connectivity index (χ4v) is 0.774. The summed E-state index contributed by atoms with van der Waals surface area (Å²) in [6, 6.07) is 0. The molecule has 0 bridgehead atoms. The molecule has 0 fully saturated rings. The third-order valence-electron chi connectivity index (χ3n) is 1.57. The molecule has 0 aliphatic heterocycles. The van der Waals surface area contributed by atoms with Crippen LogP contribution in [0.5, 0.6) is 0 Å². The Morgan fingerprint density at radius 1 is 1.00 bits per heavy atom. The zero-order valence-electron chi connectivity index (χ0n) is 10.5. The number of carbonyl (C=O) groups is 2. The lowest BCUT2D eigenvalue weighted by Gasteiger charge is -2.04. The van der Waals surface area contributed by atoms with Crippen LogP contribution in [0.15, 0.2) is 36.0 Å². The van der Waals surface area contributed by atoms with E-state index in [1.807, 2.05) is 0 Å². The van der Waals surface area contributed by atoms with Gasteiger partial charge in [0.05, 0.1) is 0 Å². The zero-order chi connectivity index (χ0) is 13.4. The van der Waals surface area contributed by atoms with Gasteiger partial charge in [-0.25, -0.2) is 9.59 Å². The maximum atomic E-state index is 11.4. The molecule has 0 saturated heterocycles. The van der Waals surface area contributed by atoms with Gasteiger partial charge in [-0.15, -0.1) is 0 Å². The fraction of sp³-hybridized carbons (Fsp3) is 0.385. The standard InChI is InChI=1S/C13H18O4/c1-9(2)7-16-12(14)6-11(5)13(15)17-8-10(3)4/h6H,1,3,7-8H2,2,4-5H3/b11-6-. The van der Waals surface area contributed by atoms with Crippen LogP contribution < -0.4 is 0 Å². The average Bonchev–Trinajstić information content (AvgIpc) is 2.22. The SMILES string of the molecule is C=C(C)COC(=O)/C=C(/C)C(=O)OCC(=C)C. The first kappa shape index (κ1) is 15.2. The summed E-state index contributed by atoms with van der Waals surface area (Å²) < 4.78 is 9.67. The van der Waals surface area contributed by atoms with Crippen LogP contribution in [-0.2, 0) is 19.1 Å². The van der Waals surface area contributed by atoms with Crippen molar-refractivity contribution in [1.29, 1.82) is 0 Å². The van der Waals surface area contributed by atoms with Gasteiger partial charge in [-0.05, 0) is 31.9 Å². The first-order valence-corrected chi connectivity index (χ1v) is 5.14. The van der Waals surface area contributed by atoms with E-state index in [4.69, 9.17) is 9.47 Å². The molecule has 4 heteroatoms. The number of hydrogen-bond acceptors (Lipinski definition) is 4. The number of rotatable bonds is 6. The fourth-order valence-electron chi connectivity index (χ4n) is 0.774. The van der Waals surface area contributed by atoms with Crippen LogP contribution in [0.4, 0.5) is 0 Å². The van der Waals surface area contributed by atoms with Gasteiger partial charge in [-0.3, -0.25) is 0 Å². The van der Waals surface area contributed by atoms with Gasteiger partial charge in [0.2, 0.25) is 0 Å². The molecule has 0 unspecified atom stereocenters. The van der Waals surface area contributed by atoms with E-state index in [-0.39, 0.29) is 18.8 Å². The van der Waals surface area contributed by atoms with E-state index in [0.29, 0.717) is 0 Å². The first-order chi connectivity index (χ1) is 7.82. The Balaban J connectivity index is 4.22. The van der Waals surface area contributed by atoms with Gasteiger partial charge in [0.1, 0.15) is 13.2 Å². The van der Waals surface area contributed by atoms with Gasteiger partial charge in [0, 0.05) is 11.6 Å². The molecule has 0 aliphatic rings. The lowest BCUT2D eigenvalue weighted by Crippen LogP contribution is -2.10. The Bertz CT molecular complexity index is 364. The summed E-state index contributed by atoms with van der Waals surface area (Å²) in [5.41, 5.74) is 1.66. The third-order valence-corrected chi connectivity index (χ3v) is 1.57. The molecule has 0 saturated carbocycles. The highest BCUT2D eigenvalue weighted by Crippen LogP contribution is 2.00. The van der Waals surface area contributed by atoms with Crippen molar-refractivity contribution in [3.8, 4) is 0 Å². The minimum atomic E-state index is -0.585. The number of hydrogen-bond donors (Lipinski definition) is 0. The van der Waals surface area contributed by atoms with Crippen LogP contribution >= 0.6 is 0 Å². The van der Waals surface area contributed by atoms with Crippen molar-refractivity contribution in [2.75, 3.05) is 13.2 Å². The molecule has 0 rings (SSSR count). The summed E-state index contributed by atoms with van der Waals surface area (Å²) >= 11 is 0. The lowest BCUT2D eigenvalue weighted by atomic mass is 10.3. The van der Waals surface area contributed by atoms with Crippen LogP contribution in [0.1, 0.15) is 20.8 Å². The number of carbonyl (C=O) groups excluding carboxylic acids is 2. The Morgan fingerprint density at radius 2 is 1.47 bits per heavy atom. The van der Waals surface area contributed by atoms with Crippen LogP contribution in [-0.4, -0.2) is 25.2 Å². The predicted molar refractivity (Wildman–Crippen MR) is 65.3 cm³/mol. The van der Waals surface area contributed by atoms with Crippen LogP contribution in [0.25, 0.3) is 0 Å². The van der Waals surface area contributed by atoms with E-state index in [1.165, 1.54) is 6.92 Å². The molecule has 0 N–H and O–H groups in total. The molecule has 4 nitrogen and oxygen atoms in total. The van der Waals surface area contributed by atoms with Gasteiger partial charge in [0.15, 0.2) is 0 Å². The molecule has 0 radical (unpaired) electrons. The van der Waals surface area contributed by atoms with Gasteiger partial charge < -0.3 is 9.47 Å². The second-order valence-corrected chi connectivity index (χ2v) is 3.93. The minimum absolute atomic E-state index is 0.142. The summed E-state index contributed by atoms with van der Waals surface area (Å²) in [7, 11) is 0. The maximum Gasteiger partial charge on any atom is 0.334 e. The van der Waals surface area contributed by atoms with Gasteiger partial charge in [-0.1, -0.05) is 13.2 Å². The van der Waals surface area contributed by atoms with Crippen LogP contribution in [0.3, 0.4) is 0 Å². The van der Waals surface area contributed by atoms with Crippen molar-refractivity contribution in [1.82, 2.24) is 0 Å². The lowest BCUT2D eigenvalue weighted by molar-refractivity contribution is -0.140. The monoisotopic (exact) mass is 238 g/mol. The van der Waals surface area contributed by atoms with E-state index < -0.39 is 11.9 Å². The molecule has 0 atom stereocenters. The summed E-state index contributed by atoms with van der Waals surface area (Å²) in [6.45, 7) is 12.4. The van der Waals surface area contributed by atoms with Crippen molar-refractivity contribution in [2.45, 2.75) is 20.8 Å². The van der Waals surface area contributed by atoms with Crippen molar-refractivity contribution in [2.24, 2.45) is 0 Å². The quantitative estimate of drug-likeness (QED) is 0.404. The Kier molecular flexibility index (Phi) is 6.63. The molecule has 0 amide bonds. The molecule has 0 aromatic rings. The van der Waals surface area contributed by atoms with Crippen LogP contribution in [0.2, 0.25) is 0 Å². The van der Waals surface area contributed by atoms with Gasteiger partial charge in [-0.2, -0.15) is 0 Å². The summed E-state index contributed by atoms with van der Waals surface area (Å²) in [5, 5.41) is 0. The van der Waals surface area contributed by atoms with Crippen molar-refractivity contribution < 1.29 is 19.1 Å². The van der Waals surface area contributed by atoms with E-state index in [2.05, 4.69) is 13.2 Å². The predicted octanol–water partition coefficient (Wildman–Crippen LogP) is 2.17. The Morgan fingerprint density at radius 3 is 1.94 bits per heavy atom. The molecule has 0 heterocycles. The van der Waals surface area contributed by atoms with E-state index >= 15 is 0 Å². The molecule has 0 aliphatic carbocycles.